The molecular weight excluding hydrogens is 499 g/mol. The number of carbonyl (C=O) groups is 2. The molecule has 0 aliphatic carbocycles. The normalized spacial score (nSPS) is 15.1. The minimum atomic E-state index is -6.23. The summed E-state index contributed by atoms with van der Waals surface area (Å²) in [5, 5.41) is 0.299. The van der Waals surface area contributed by atoms with Crippen LogP contribution in [0.25, 0.3) is 22.9 Å². The second-order valence-corrected chi connectivity index (χ2v) is 9.57. The van der Waals surface area contributed by atoms with E-state index < -0.39 is 27.4 Å². The average Bonchev–Trinajstić information content (AvgIpc) is 2.84. The van der Waals surface area contributed by atoms with Crippen LogP contribution in [0.4, 0.5) is 13.2 Å². The number of hydroxylamine groups is 2. The van der Waals surface area contributed by atoms with Crippen molar-refractivity contribution in [2.45, 2.75) is 31.9 Å². The molecule has 1 aliphatic heterocycles. The van der Waals surface area contributed by atoms with Gasteiger partial charge in [0.15, 0.2) is 0 Å². The van der Waals surface area contributed by atoms with Crippen molar-refractivity contribution in [2.24, 2.45) is 0 Å². The zero-order valence-electron chi connectivity index (χ0n) is 19.1. The van der Waals surface area contributed by atoms with Gasteiger partial charge in [0, 0.05) is 5.39 Å². The lowest BCUT2D eigenvalue weighted by Gasteiger charge is -2.26. The van der Waals surface area contributed by atoms with Gasteiger partial charge in [-0.1, -0.05) is 49.4 Å². The molecule has 0 saturated heterocycles. The highest BCUT2D eigenvalue weighted by Crippen LogP contribution is 2.35. The van der Waals surface area contributed by atoms with Gasteiger partial charge in [-0.25, -0.2) is 0 Å². The van der Waals surface area contributed by atoms with Gasteiger partial charge in [0.2, 0.25) is 0 Å². The predicted octanol–water partition coefficient (Wildman–Crippen LogP) is 5.56. The number of carbonyl (C=O) groups excluding carboxylic acids is 2. The molecule has 7 nitrogen and oxygen atoms in total. The number of imide groups is 1. The second-order valence-electron chi connectivity index (χ2n) is 8.05. The number of ether oxygens (including phenoxy) is 1. The van der Waals surface area contributed by atoms with E-state index in [2.05, 4.69) is 4.28 Å². The third kappa shape index (κ3) is 4.71. The van der Waals surface area contributed by atoms with E-state index in [0.717, 1.165) is 17.7 Å². The van der Waals surface area contributed by atoms with Crippen molar-refractivity contribution in [1.82, 2.24) is 5.06 Å². The first-order valence-electron chi connectivity index (χ1n) is 10.8. The molecule has 0 N–H and O–H groups in total. The Morgan fingerprint density at radius 3 is 2.19 bits per heavy atom. The van der Waals surface area contributed by atoms with Crippen LogP contribution in [0.3, 0.4) is 0 Å². The number of alkyl halides is 3. The van der Waals surface area contributed by atoms with Crippen LogP contribution >= 0.6 is 0 Å². The van der Waals surface area contributed by atoms with Crippen LogP contribution in [-0.2, 0) is 14.4 Å². The number of nitrogens with zero attached hydrogens (tertiary/aromatic N) is 1. The molecule has 0 fully saturated rings. The third-order valence-electron chi connectivity index (χ3n) is 5.61. The van der Waals surface area contributed by atoms with Crippen LogP contribution in [0.1, 0.15) is 52.1 Å². The van der Waals surface area contributed by atoms with Crippen molar-refractivity contribution >= 4 is 44.9 Å². The monoisotopic (exact) mass is 519 g/mol. The van der Waals surface area contributed by atoms with E-state index in [1.165, 1.54) is 18.2 Å². The maximum absolute atomic E-state index is 12.8. The summed E-state index contributed by atoms with van der Waals surface area (Å²) in [5.74, 6) is -1.90. The van der Waals surface area contributed by atoms with E-state index in [1.54, 1.807) is 18.2 Å². The van der Waals surface area contributed by atoms with Gasteiger partial charge in [-0.3, -0.25) is 9.59 Å². The molecule has 3 aromatic rings. The average molecular weight is 519 g/mol. The van der Waals surface area contributed by atoms with Gasteiger partial charge in [-0.2, -0.15) is 21.6 Å². The van der Waals surface area contributed by atoms with Crippen molar-refractivity contribution in [3.8, 4) is 5.75 Å². The number of hydrogen-bond donors (Lipinski definition) is 0. The Hall–Kier alpha value is -3.70. The van der Waals surface area contributed by atoms with Gasteiger partial charge >= 0.3 is 15.6 Å². The fourth-order valence-electron chi connectivity index (χ4n) is 3.61. The van der Waals surface area contributed by atoms with Crippen molar-refractivity contribution < 1.29 is 40.2 Å². The minimum absolute atomic E-state index is 0.0874. The Morgan fingerprint density at radius 2 is 1.58 bits per heavy atom. The van der Waals surface area contributed by atoms with Gasteiger partial charge in [-0.05, 0) is 54.1 Å². The molecule has 1 aliphatic rings. The van der Waals surface area contributed by atoms with Crippen LogP contribution in [0, 0.1) is 0 Å². The van der Waals surface area contributed by atoms with Crippen LogP contribution in [-0.4, -0.2) is 36.9 Å². The summed E-state index contributed by atoms with van der Waals surface area (Å²) in [5.41, 5.74) is -4.65. The molecule has 1 heterocycles. The summed E-state index contributed by atoms with van der Waals surface area (Å²) in [6.45, 7) is 4.00. The first kappa shape index (κ1) is 25.4. The SMILES string of the molecule is CCC(C)Oc1ccc(/C=C\c2ccc3c4c(cccc24)C(=O)N(OS(=O)(=O)C(F)(F)F)C3=O)cc1. The molecule has 0 bridgehead atoms. The van der Waals surface area contributed by atoms with E-state index in [1.807, 2.05) is 44.2 Å². The molecule has 0 radical (unpaired) electrons. The predicted molar refractivity (Wildman–Crippen MR) is 126 cm³/mol. The van der Waals surface area contributed by atoms with Crippen LogP contribution in [0.15, 0.2) is 54.6 Å². The standard InChI is InChI=1S/C25H20F3NO6S/c1-3-15(2)34-18-12-8-16(9-13-18)7-10-17-11-14-21-22-19(17)5-4-6-20(22)23(30)29(24(21)31)35-36(32,33)25(26,27)28/h4-15H,3H2,1-2H3/b10-7-. The van der Waals surface area contributed by atoms with Crippen molar-refractivity contribution in [3.63, 3.8) is 0 Å². The Balaban J connectivity index is 1.67. The second kappa shape index (κ2) is 9.40. The highest BCUT2D eigenvalue weighted by Gasteiger charge is 2.51. The molecule has 1 atom stereocenters. The first-order valence-corrected chi connectivity index (χ1v) is 12.2. The van der Waals surface area contributed by atoms with Crippen LogP contribution in [0.5, 0.6) is 5.75 Å². The number of rotatable bonds is 7. The number of halogens is 3. The van der Waals surface area contributed by atoms with Crippen LogP contribution in [0.2, 0.25) is 0 Å². The van der Waals surface area contributed by atoms with Gasteiger partial charge in [0.25, 0.3) is 11.8 Å². The molecule has 11 heteroatoms. The molecule has 188 valence electrons. The summed E-state index contributed by atoms with van der Waals surface area (Å²) < 4.78 is 70.8. The number of benzene rings is 3. The molecule has 0 aromatic heterocycles. The lowest BCUT2D eigenvalue weighted by molar-refractivity contribution is -0.0761. The quantitative estimate of drug-likeness (QED) is 0.231. The highest BCUT2D eigenvalue weighted by molar-refractivity contribution is 7.87. The Labute approximate surface area is 204 Å². The van der Waals surface area contributed by atoms with Gasteiger partial charge < -0.3 is 4.74 Å². The van der Waals surface area contributed by atoms with Crippen molar-refractivity contribution in [1.29, 1.82) is 0 Å². The molecule has 0 spiro atoms. The van der Waals surface area contributed by atoms with E-state index in [4.69, 9.17) is 4.74 Å². The molecule has 4 rings (SSSR count). The van der Waals surface area contributed by atoms with Gasteiger partial charge in [0.1, 0.15) is 5.75 Å². The van der Waals surface area contributed by atoms with E-state index >= 15 is 0 Å². The van der Waals surface area contributed by atoms with E-state index in [0.29, 0.717) is 10.9 Å². The smallest absolute Gasteiger partial charge is 0.491 e. The summed E-state index contributed by atoms with van der Waals surface area (Å²) >= 11 is 0. The summed E-state index contributed by atoms with van der Waals surface area (Å²) in [6, 6.07) is 14.7. The maximum Gasteiger partial charge on any atom is 0.525 e. The lowest BCUT2D eigenvalue weighted by Crippen LogP contribution is -2.44. The molecule has 0 saturated carbocycles. The van der Waals surface area contributed by atoms with Crippen molar-refractivity contribution in [3.05, 3.63) is 76.9 Å². The van der Waals surface area contributed by atoms with Gasteiger partial charge in [0.05, 0.1) is 17.2 Å². The van der Waals surface area contributed by atoms with E-state index in [-0.39, 0.29) is 27.7 Å². The molecule has 36 heavy (non-hydrogen) atoms. The molecule has 1 unspecified atom stereocenters. The highest BCUT2D eigenvalue weighted by atomic mass is 32.2. The molecular formula is C25H20F3NO6S. The van der Waals surface area contributed by atoms with Crippen molar-refractivity contribution in [2.75, 3.05) is 0 Å². The summed E-state index contributed by atoms with van der Waals surface area (Å²) in [6.07, 6.45) is 4.54. The van der Waals surface area contributed by atoms with Gasteiger partial charge in [-0.15, -0.1) is 9.35 Å². The minimum Gasteiger partial charge on any atom is -0.491 e. The number of hydrogen-bond acceptors (Lipinski definition) is 6. The number of amides is 2. The maximum atomic E-state index is 12.8. The Bertz CT molecular complexity index is 1460. The molecule has 3 aromatic carbocycles. The first-order chi connectivity index (χ1) is 16.9. The fourth-order valence-corrected chi connectivity index (χ4v) is 4.03. The Kier molecular flexibility index (Phi) is 6.63. The zero-order valence-corrected chi connectivity index (χ0v) is 19.9. The molecule has 2 amide bonds. The largest absolute Gasteiger partial charge is 0.525 e. The third-order valence-corrected chi connectivity index (χ3v) is 6.52. The fraction of sp³-hybridized carbons (Fsp3) is 0.200. The Morgan fingerprint density at radius 1 is 0.944 bits per heavy atom. The van der Waals surface area contributed by atoms with Crippen LogP contribution < -0.4 is 4.74 Å². The summed E-state index contributed by atoms with van der Waals surface area (Å²) in [4.78, 5) is 25.5. The zero-order chi connectivity index (χ0) is 26.3. The van der Waals surface area contributed by atoms with E-state index in [9.17, 15) is 31.2 Å². The summed E-state index contributed by atoms with van der Waals surface area (Å²) in [7, 11) is -6.23. The topological polar surface area (TPSA) is 90.0 Å². The lowest BCUT2D eigenvalue weighted by atomic mass is 9.92.